The van der Waals surface area contributed by atoms with Crippen LogP contribution in [-0.4, -0.2) is 21.7 Å². The van der Waals surface area contributed by atoms with Gasteiger partial charge >= 0.3 is 12.4 Å². The molecule has 1 heterocycles. The van der Waals surface area contributed by atoms with Crippen molar-refractivity contribution in [2.75, 3.05) is 10.6 Å². The first-order valence-electron chi connectivity index (χ1n) is 11.6. The average molecular weight is 628 g/mol. The summed E-state index contributed by atoms with van der Waals surface area (Å²) in [6.45, 7) is 0. The number of nitrogens with zero attached hydrogens (tertiary/aromatic N) is 2. The quantitative estimate of drug-likeness (QED) is 0.127. The zero-order chi connectivity index (χ0) is 32.8. The fourth-order valence-corrected chi connectivity index (χ4v) is 3.44. The molecule has 0 aliphatic carbocycles. The highest BCUT2D eigenvalue weighted by Gasteiger charge is 2.39. The Morgan fingerprint density at radius 2 is 1.16 bits per heavy atom. The van der Waals surface area contributed by atoms with Gasteiger partial charge in [-0.05, 0) is 48.5 Å². The number of carbonyl (C=O) groups is 2. The summed E-state index contributed by atoms with van der Waals surface area (Å²) in [5.41, 5.74) is -6.09. The summed E-state index contributed by atoms with van der Waals surface area (Å²) in [5.74, 6) is -2.67. The third-order valence-corrected chi connectivity index (χ3v) is 5.38. The first-order valence-corrected chi connectivity index (χ1v) is 11.6. The van der Waals surface area contributed by atoms with E-state index in [1.807, 2.05) is 0 Å². The fraction of sp³-hybridized carbons (Fsp3) is 0.0769. The van der Waals surface area contributed by atoms with Crippen LogP contribution in [-0.2, 0) is 12.4 Å². The minimum absolute atomic E-state index is 0.0955. The smallest absolute Gasteiger partial charge is 0.423 e. The Morgan fingerprint density at radius 3 is 1.57 bits per heavy atom. The molecule has 2 amide bonds. The molecule has 4 rings (SSSR count). The SMILES string of the molecule is O=C(Nc1ccc([N+](=O)[O-])c(C(F)(F)F)c1)c1ccccc1F.O=C(Nc1ccc([N+](=O)[O-])c(C(F)(F)F)c1)c1ccco1. The molecule has 3 aromatic carbocycles. The topological polar surface area (TPSA) is 158 Å². The first-order chi connectivity index (χ1) is 20.5. The Bertz CT molecular complexity index is 1710. The minimum atomic E-state index is -4.97. The van der Waals surface area contributed by atoms with E-state index in [1.165, 1.54) is 30.5 Å². The van der Waals surface area contributed by atoms with Gasteiger partial charge in [-0.2, -0.15) is 26.3 Å². The summed E-state index contributed by atoms with van der Waals surface area (Å²) in [5, 5.41) is 25.5. The average Bonchev–Trinajstić information content (AvgIpc) is 3.48. The number of halogens is 7. The molecule has 0 saturated carbocycles. The maximum absolute atomic E-state index is 13.5. The molecule has 0 aliphatic rings. The zero-order valence-corrected chi connectivity index (χ0v) is 21.4. The second-order valence-corrected chi connectivity index (χ2v) is 8.34. The van der Waals surface area contributed by atoms with E-state index in [-0.39, 0.29) is 22.7 Å². The number of benzene rings is 3. The van der Waals surface area contributed by atoms with Crippen molar-refractivity contribution in [2.45, 2.75) is 12.4 Å². The number of hydrogen-bond acceptors (Lipinski definition) is 7. The van der Waals surface area contributed by atoms with Crippen molar-refractivity contribution in [3.63, 3.8) is 0 Å². The second kappa shape index (κ2) is 13.0. The van der Waals surface area contributed by atoms with Crippen LogP contribution < -0.4 is 10.6 Å². The van der Waals surface area contributed by atoms with Gasteiger partial charge in [0.1, 0.15) is 16.9 Å². The molecule has 0 saturated heterocycles. The van der Waals surface area contributed by atoms with Crippen LogP contribution in [0.2, 0.25) is 0 Å². The van der Waals surface area contributed by atoms with Crippen LogP contribution in [0.25, 0.3) is 0 Å². The van der Waals surface area contributed by atoms with Gasteiger partial charge in [0.2, 0.25) is 0 Å². The molecule has 0 radical (unpaired) electrons. The normalized spacial score (nSPS) is 11.2. The predicted molar refractivity (Wildman–Crippen MR) is 137 cm³/mol. The third-order valence-electron chi connectivity index (χ3n) is 5.38. The van der Waals surface area contributed by atoms with Gasteiger partial charge in [0.05, 0.1) is 21.7 Å². The van der Waals surface area contributed by atoms with Gasteiger partial charge in [-0.25, -0.2) is 4.39 Å². The number of furan rings is 1. The summed E-state index contributed by atoms with van der Waals surface area (Å²) in [7, 11) is 0. The number of amides is 2. The van der Waals surface area contributed by atoms with E-state index < -0.39 is 62.3 Å². The highest BCUT2D eigenvalue weighted by atomic mass is 19.4. The number of carbonyl (C=O) groups excluding carboxylic acids is 2. The lowest BCUT2D eigenvalue weighted by Crippen LogP contribution is -2.15. The summed E-state index contributed by atoms with van der Waals surface area (Å²) >= 11 is 0. The monoisotopic (exact) mass is 628 g/mol. The molecule has 0 fully saturated rings. The van der Waals surface area contributed by atoms with Crippen LogP contribution >= 0.6 is 0 Å². The highest BCUT2D eigenvalue weighted by Crippen LogP contribution is 2.38. The molecule has 44 heavy (non-hydrogen) atoms. The lowest BCUT2D eigenvalue weighted by molar-refractivity contribution is -0.388. The molecular formula is C26H15F7N4O7. The van der Waals surface area contributed by atoms with Crippen LogP contribution in [0.3, 0.4) is 0 Å². The zero-order valence-electron chi connectivity index (χ0n) is 21.4. The Balaban J connectivity index is 0.000000241. The third kappa shape index (κ3) is 8.14. The summed E-state index contributed by atoms with van der Waals surface area (Å²) in [6.07, 6.45) is -8.65. The van der Waals surface area contributed by atoms with Crippen molar-refractivity contribution in [3.05, 3.63) is 128 Å². The van der Waals surface area contributed by atoms with E-state index in [4.69, 9.17) is 4.42 Å². The minimum Gasteiger partial charge on any atom is -0.459 e. The van der Waals surface area contributed by atoms with Crippen molar-refractivity contribution in [1.82, 2.24) is 0 Å². The molecular weight excluding hydrogens is 613 g/mol. The van der Waals surface area contributed by atoms with Gasteiger partial charge in [-0.15, -0.1) is 0 Å². The van der Waals surface area contributed by atoms with Gasteiger partial charge in [0.25, 0.3) is 23.2 Å². The van der Waals surface area contributed by atoms with Crippen molar-refractivity contribution in [1.29, 1.82) is 0 Å². The van der Waals surface area contributed by atoms with Crippen LogP contribution in [0.1, 0.15) is 32.0 Å². The Kier molecular flexibility index (Phi) is 9.67. The van der Waals surface area contributed by atoms with Crippen LogP contribution in [0.5, 0.6) is 0 Å². The lowest BCUT2D eigenvalue weighted by Gasteiger charge is -2.11. The number of hydrogen-bond donors (Lipinski definition) is 2. The van der Waals surface area contributed by atoms with E-state index in [2.05, 4.69) is 10.6 Å². The van der Waals surface area contributed by atoms with Crippen molar-refractivity contribution in [2.24, 2.45) is 0 Å². The van der Waals surface area contributed by atoms with Gasteiger partial charge in [-0.1, -0.05) is 12.1 Å². The Morgan fingerprint density at radius 1 is 0.682 bits per heavy atom. The molecule has 230 valence electrons. The lowest BCUT2D eigenvalue weighted by atomic mass is 10.1. The molecule has 0 bridgehead atoms. The molecule has 11 nitrogen and oxygen atoms in total. The first kappa shape index (κ1) is 32.7. The van der Waals surface area contributed by atoms with Crippen molar-refractivity contribution in [3.8, 4) is 0 Å². The van der Waals surface area contributed by atoms with Gasteiger partial charge in [0, 0.05) is 23.5 Å². The Labute approximate surface area is 240 Å². The summed E-state index contributed by atoms with van der Waals surface area (Å²) in [6, 6.07) is 11.8. The van der Waals surface area contributed by atoms with Crippen molar-refractivity contribution >= 4 is 34.6 Å². The fourth-order valence-electron chi connectivity index (χ4n) is 3.44. The molecule has 0 unspecified atom stereocenters. The molecule has 2 N–H and O–H groups in total. The maximum Gasteiger partial charge on any atom is 0.423 e. The molecule has 4 aromatic rings. The van der Waals surface area contributed by atoms with E-state index in [9.17, 15) is 60.6 Å². The predicted octanol–water partition coefficient (Wildman–Crippen LogP) is 7.46. The second-order valence-electron chi connectivity index (χ2n) is 8.34. The van der Waals surface area contributed by atoms with Gasteiger partial charge in [0.15, 0.2) is 5.76 Å². The van der Waals surface area contributed by atoms with Crippen LogP contribution in [0.15, 0.2) is 83.5 Å². The Hall–Kier alpha value is -5.81. The number of nitro groups is 2. The maximum atomic E-state index is 13.5. The van der Waals surface area contributed by atoms with Crippen molar-refractivity contribution < 1.29 is 54.6 Å². The largest absolute Gasteiger partial charge is 0.459 e. The molecule has 18 heteroatoms. The van der Waals surface area contributed by atoms with Gasteiger partial charge < -0.3 is 15.1 Å². The van der Waals surface area contributed by atoms with E-state index >= 15 is 0 Å². The van der Waals surface area contributed by atoms with Crippen LogP contribution in [0.4, 0.5) is 53.5 Å². The van der Waals surface area contributed by atoms with Crippen LogP contribution in [0, 0.1) is 26.0 Å². The number of nitro benzene ring substituents is 2. The number of rotatable bonds is 6. The molecule has 0 atom stereocenters. The van der Waals surface area contributed by atoms with E-state index in [1.54, 1.807) is 0 Å². The molecule has 0 aliphatic heterocycles. The molecule has 0 spiro atoms. The van der Waals surface area contributed by atoms with Gasteiger partial charge in [-0.3, -0.25) is 29.8 Å². The number of alkyl halides is 6. The van der Waals surface area contributed by atoms with E-state index in [0.29, 0.717) is 24.3 Å². The standard InChI is InChI=1S/C14H8F4N2O3.C12H7F3N2O4/c15-11-4-2-1-3-9(11)13(21)19-8-5-6-12(20(22)23)10(7-8)14(16,17)18;13-12(14,15)8-6-7(3-4-9(8)17(19)20)16-11(18)10-2-1-5-21-10/h1-7H,(H,19,21);1-6H,(H,16,18). The molecule has 1 aromatic heterocycles. The van der Waals surface area contributed by atoms with E-state index in [0.717, 1.165) is 24.3 Å². The highest BCUT2D eigenvalue weighted by molar-refractivity contribution is 6.04. The number of nitrogens with one attached hydrogen (secondary N) is 2. The summed E-state index contributed by atoms with van der Waals surface area (Å²) < 4.78 is 95.0. The summed E-state index contributed by atoms with van der Waals surface area (Å²) in [4.78, 5) is 42.4. The number of anilines is 2.